The van der Waals surface area contributed by atoms with E-state index in [0.29, 0.717) is 0 Å². The van der Waals surface area contributed by atoms with Crippen LogP contribution in [0.1, 0.15) is 12.0 Å². The lowest BCUT2D eigenvalue weighted by Gasteiger charge is -2.23. The number of hydrogen-bond donors (Lipinski definition) is 2. The highest BCUT2D eigenvalue weighted by Crippen LogP contribution is 2.21. The maximum absolute atomic E-state index is 5.90. The molecule has 0 spiro atoms. The van der Waals surface area contributed by atoms with Crippen molar-refractivity contribution in [2.45, 2.75) is 13.0 Å². The van der Waals surface area contributed by atoms with Gasteiger partial charge >= 0.3 is 0 Å². The minimum absolute atomic E-state index is 0.882. The number of ether oxygens (including phenoxy) is 2. The zero-order valence-electron chi connectivity index (χ0n) is 14.2. The van der Waals surface area contributed by atoms with Gasteiger partial charge in [-0.05, 0) is 24.3 Å². The number of rotatable bonds is 8. The number of benzene rings is 2. The Morgan fingerprint density at radius 3 is 2.58 bits per heavy atom. The maximum atomic E-state index is 5.90. The largest absolute Gasteiger partial charge is 0.457 e. The molecule has 2 aromatic carbocycles. The molecule has 2 aromatic rings. The fourth-order valence-electron chi connectivity index (χ4n) is 3.04. The molecular weight excluding hydrogens is 300 g/mol. The molecule has 0 radical (unpaired) electrons. The Labute approximate surface area is 144 Å². The third-order valence-corrected chi connectivity index (χ3v) is 4.40. The van der Waals surface area contributed by atoms with Crippen LogP contribution in [0.15, 0.2) is 54.6 Å². The first-order valence-corrected chi connectivity index (χ1v) is 8.95. The quantitative estimate of drug-likeness (QED) is 0.705. The Morgan fingerprint density at radius 1 is 0.958 bits per heavy atom. The van der Waals surface area contributed by atoms with Gasteiger partial charge in [0.25, 0.3) is 0 Å². The van der Waals surface area contributed by atoms with Crippen molar-refractivity contribution in [3.05, 3.63) is 60.2 Å². The topological polar surface area (TPSA) is 39.5 Å². The zero-order valence-corrected chi connectivity index (χ0v) is 14.2. The van der Waals surface area contributed by atoms with Crippen LogP contribution < -0.4 is 15.0 Å². The van der Waals surface area contributed by atoms with E-state index >= 15 is 0 Å². The predicted octanol–water partition coefficient (Wildman–Crippen LogP) is 0.848. The first kappa shape index (κ1) is 17.0. The summed E-state index contributed by atoms with van der Waals surface area (Å²) in [5.41, 5.74) is 1.31. The van der Waals surface area contributed by atoms with Crippen LogP contribution in [0.5, 0.6) is 11.5 Å². The van der Waals surface area contributed by atoms with Crippen LogP contribution in [0.25, 0.3) is 0 Å². The van der Waals surface area contributed by atoms with Crippen LogP contribution in [0, 0.1) is 0 Å². The first-order valence-electron chi connectivity index (χ1n) is 8.95. The van der Waals surface area contributed by atoms with Gasteiger partial charge < -0.3 is 19.7 Å². The fourth-order valence-corrected chi connectivity index (χ4v) is 3.04. The smallest absolute Gasteiger partial charge is 0.127 e. The SMILES string of the molecule is c1ccc(Oc2cccc(C[NH2+]CCC[NH+]3CCOCC3)c2)cc1. The molecule has 4 nitrogen and oxygen atoms in total. The monoisotopic (exact) mass is 328 g/mol. The number of para-hydroxylation sites is 1. The van der Waals surface area contributed by atoms with Gasteiger partial charge in [-0.25, -0.2) is 0 Å². The number of nitrogens with two attached hydrogens (primary N) is 1. The van der Waals surface area contributed by atoms with Crippen LogP contribution in [-0.2, 0) is 11.3 Å². The summed E-state index contributed by atoms with van der Waals surface area (Å²) >= 11 is 0. The van der Waals surface area contributed by atoms with E-state index in [-0.39, 0.29) is 0 Å². The Balaban J connectivity index is 1.38. The highest BCUT2D eigenvalue weighted by Gasteiger charge is 2.12. The van der Waals surface area contributed by atoms with E-state index in [2.05, 4.69) is 23.5 Å². The van der Waals surface area contributed by atoms with Gasteiger partial charge in [0, 0.05) is 12.0 Å². The van der Waals surface area contributed by atoms with Gasteiger partial charge in [0.05, 0.1) is 26.3 Å². The normalized spacial score (nSPS) is 15.3. The van der Waals surface area contributed by atoms with E-state index < -0.39 is 0 Å². The molecule has 0 bridgehead atoms. The first-order chi connectivity index (χ1) is 11.9. The van der Waals surface area contributed by atoms with Gasteiger partial charge in [0.15, 0.2) is 0 Å². The standard InChI is InChI=1S/C20H26N2O2/c1-2-7-19(8-3-1)24-20-9-4-6-18(16-20)17-21-10-5-11-22-12-14-23-15-13-22/h1-4,6-9,16,21H,5,10-15,17H2/p+2. The van der Waals surface area contributed by atoms with Crippen molar-refractivity contribution in [2.75, 3.05) is 39.4 Å². The van der Waals surface area contributed by atoms with Crippen LogP contribution in [0.4, 0.5) is 0 Å². The second kappa shape index (κ2) is 9.42. The molecule has 24 heavy (non-hydrogen) atoms. The average molecular weight is 328 g/mol. The zero-order chi connectivity index (χ0) is 16.5. The van der Waals surface area contributed by atoms with Crippen molar-refractivity contribution < 1.29 is 19.7 Å². The molecule has 1 heterocycles. The third kappa shape index (κ3) is 5.64. The molecule has 4 heteroatoms. The molecule has 0 saturated carbocycles. The highest BCUT2D eigenvalue weighted by molar-refractivity contribution is 5.33. The van der Waals surface area contributed by atoms with E-state index in [0.717, 1.165) is 31.3 Å². The van der Waals surface area contributed by atoms with E-state index in [1.807, 2.05) is 36.4 Å². The number of morpholine rings is 1. The van der Waals surface area contributed by atoms with Gasteiger partial charge in [-0.3, -0.25) is 0 Å². The number of nitrogens with one attached hydrogen (secondary N) is 1. The van der Waals surface area contributed by atoms with Crippen LogP contribution in [-0.4, -0.2) is 39.4 Å². The van der Waals surface area contributed by atoms with Gasteiger partial charge in [-0.1, -0.05) is 30.3 Å². The van der Waals surface area contributed by atoms with Crippen molar-refractivity contribution >= 4 is 0 Å². The number of hydrogen-bond acceptors (Lipinski definition) is 2. The minimum Gasteiger partial charge on any atom is -0.457 e. The number of quaternary nitrogens is 2. The van der Waals surface area contributed by atoms with E-state index in [1.165, 1.54) is 38.2 Å². The molecule has 3 rings (SSSR count). The lowest BCUT2D eigenvalue weighted by molar-refractivity contribution is -0.909. The summed E-state index contributed by atoms with van der Waals surface area (Å²) in [6.45, 7) is 7.62. The average Bonchev–Trinajstić information content (AvgIpc) is 2.63. The summed E-state index contributed by atoms with van der Waals surface area (Å²) in [7, 11) is 0. The molecule has 1 fully saturated rings. The van der Waals surface area contributed by atoms with Crippen LogP contribution >= 0.6 is 0 Å². The Bertz CT molecular complexity index is 598. The molecule has 3 N–H and O–H groups in total. The lowest BCUT2D eigenvalue weighted by Crippen LogP contribution is -3.14. The van der Waals surface area contributed by atoms with Crippen molar-refractivity contribution in [3.63, 3.8) is 0 Å². The minimum atomic E-state index is 0.882. The summed E-state index contributed by atoms with van der Waals surface area (Å²) in [5, 5.41) is 2.39. The molecule has 1 saturated heterocycles. The van der Waals surface area contributed by atoms with Crippen molar-refractivity contribution in [1.82, 2.24) is 0 Å². The molecule has 1 aliphatic heterocycles. The summed E-state index contributed by atoms with van der Waals surface area (Å²) in [5.74, 6) is 1.79. The molecule has 0 aliphatic carbocycles. The van der Waals surface area contributed by atoms with Gasteiger partial charge in [0.1, 0.15) is 31.1 Å². The van der Waals surface area contributed by atoms with Crippen molar-refractivity contribution in [1.29, 1.82) is 0 Å². The molecule has 0 unspecified atom stereocenters. The van der Waals surface area contributed by atoms with Crippen LogP contribution in [0.3, 0.4) is 0 Å². The Hall–Kier alpha value is -1.88. The Kier molecular flexibility index (Phi) is 6.66. The van der Waals surface area contributed by atoms with Gasteiger partial charge in [0.2, 0.25) is 0 Å². The molecule has 128 valence electrons. The molecule has 0 amide bonds. The maximum Gasteiger partial charge on any atom is 0.127 e. The second-order valence-corrected chi connectivity index (χ2v) is 6.31. The third-order valence-electron chi connectivity index (χ3n) is 4.40. The predicted molar refractivity (Wildman–Crippen MR) is 94.5 cm³/mol. The fraction of sp³-hybridized carbons (Fsp3) is 0.400. The van der Waals surface area contributed by atoms with E-state index in [4.69, 9.17) is 9.47 Å². The summed E-state index contributed by atoms with van der Waals surface area (Å²) in [6.07, 6.45) is 1.26. The lowest BCUT2D eigenvalue weighted by atomic mass is 10.2. The second-order valence-electron chi connectivity index (χ2n) is 6.31. The molecular formula is C20H28N2O2+2. The molecule has 1 aliphatic rings. The highest BCUT2D eigenvalue weighted by atomic mass is 16.5. The van der Waals surface area contributed by atoms with E-state index in [9.17, 15) is 0 Å². The van der Waals surface area contributed by atoms with Crippen molar-refractivity contribution in [3.8, 4) is 11.5 Å². The van der Waals surface area contributed by atoms with Gasteiger partial charge in [-0.15, -0.1) is 0 Å². The van der Waals surface area contributed by atoms with E-state index in [1.54, 1.807) is 4.90 Å². The summed E-state index contributed by atoms with van der Waals surface area (Å²) in [6, 6.07) is 18.3. The molecule has 0 aromatic heterocycles. The summed E-state index contributed by atoms with van der Waals surface area (Å²) < 4.78 is 11.3. The van der Waals surface area contributed by atoms with Crippen LogP contribution in [0.2, 0.25) is 0 Å². The Morgan fingerprint density at radius 2 is 1.75 bits per heavy atom. The summed E-state index contributed by atoms with van der Waals surface area (Å²) in [4.78, 5) is 1.69. The van der Waals surface area contributed by atoms with Crippen molar-refractivity contribution in [2.24, 2.45) is 0 Å². The van der Waals surface area contributed by atoms with Gasteiger partial charge in [-0.2, -0.15) is 0 Å². The molecule has 0 atom stereocenters.